The van der Waals surface area contributed by atoms with Crippen LogP contribution < -0.4 is 4.74 Å². The van der Waals surface area contributed by atoms with Crippen LogP contribution in [0.3, 0.4) is 0 Å². The first-order chi connectivity index (χ1) is 10.9. The molecule has 0 spiro atoms. The highest BCUT2D eigenvalue weighted by molar-refractivity contribution is 5.88. The minimum absolute atomic E-state index is 0.0171. The van der Waals surface area contributed by atoms with Crippen LogP contribution in [0.4, 0.5) is 8.78 Å². The Morgan fingerprint density at radius 2 is 1.96 bits per heavy atom. The Bertz CT molecular complexity index is 876. The van der Waals surface area contributed by atoms with Crippen molar-refractivity contribution in [3.63, 3.8) is 0 Å². The standard InChI is InChI=1S/C15H11F2N3O3/c1-8-6-13-18-11(7-12(14(21)22)20(13)19-8)9-2-4-10(5-3-9)23-15(16)17/h2-7,15H,1H3,(H,21,22). The summed E-state index contributed by atoms with van der Waals surface area (Å²) in [5.41, 5.74) is 1.98. The van der Waals surface area contributed by atoms with Crippen molar-refractivity contribution in [3.8, 4) is 17.0 Å². The molecule has 0 aliphatic heterocycles. The minimum Gasteiger partial charge on any atom is -0.477 e. The Hall–Kier alpha value is -3.03. The SMILES string of the molecule is Cc1cc2nc(-c3ccc(OC(F)F)cc3)cc(C(=O)O)n2n1. The summed E-state index contributed by atoms with van der Waals surface area (Å²) >= 11 is 0. The molecule has 0 amide bonds. The van der Waals surface area contributed by atoms with Crippen LogP contribution in [0.25, 0.3) is 16.9 Å². The zero-order valence-electron chi connectivity index (χ0n) is 11.9. The number of ether oxygens (including phenoxy) is 1. The number of carboxylic acids is 1. The van der Waals surface area contributed by atoms with Crippen molar-refractivity contribution in [2.75, 3.05) is 0 Å². The fourth-order valence-electron chi connectivity index (χ4n) is 2.20. The summed E-state index contributed by atoms with van der Waals surface area (Å²) in [5.74, 6) is -1.12. The lowest BCUT2D eigenvalue weighted by Gasteiger charge is -2.07. The Morgan fingerprint density at radius 1 is 1.26 bits per heavy atom. The number of carbonyl (C=O) groups is 1. The fourth-order valence-corrected chi connectivity index (χ4v) is 2.20. The Labute approximate surface area is 129 Å². The van der Waals surface area contributed by atoms with Gasteiger partial charge in [-0.2, -0.15) is 13.9 Å². The Morgan fingerprint density at radius 3 is 2.57 bits per heavy atom. The predicted octanol–water partition coefficient (Wildman–Crippen LogP) is 3.00. The largest absolute Gasteiger partial charge is 0.477 e. The molecule has 1 aromatic carbocycles. The fraction of sp³-hybridized carbons (Fsp3) is 0.133. The number of aryl methyl sites for hydroxylation is 1. The van der Waals surface area contributed by atoms with Crippen molar-refractivity contribution in [1.82, 2.24) is 14.6 Å². The van der Waals surface area contributed by atoms with E-state index in [-0.39, 0.29) is 11.4 Å². The summed E-state index contributed by atoms with van der Waals surface area (Å²) in [6, 6.07) is 8.84. The quantitative estimate of drug-likeness (QED) is 0.800. The number of benzene rings is 1. The number of aromatic carboxylic acids is 1. The lowest BCUT2D eigenvalue weighted by Crippen LogP contribution is -2.08. The monoisotopic (exact) mass is 319 g/mol. The first-order valence-electron chi connectivity index (χ1n) is 6.60. The number of hydrogen-bond acceptors (Lipinski definition) is 4. The van der Waals surface area contributed by atoms with E-state index in [1.807, 2.05) is 0 Å². The Kier molecular flexibility index (Phi) is 3.65. The second-order valence-electron chi connectivity index (χ2n) is 4.79. The first-order valence-corrected chi connectivity index (χ1v) is 6.60. The maximum absolute atomic E-state index is 12.2. The molecule has 0 atom stereocenters. The van der Waals surface area contributed by atoms with Gasteiger partial charge in [0.05, 0.1) is 11.4 Å². The van der Waals surface area contributed by atoms with E-state index in [0.717, 1.165) is 0 Å². The molecular formula is C15H11F2N3O3. The van der Waals surface area contributed by atoms with E-state index < -0.39 is 12.6 Å². The number of alkyl halides is 2. The zero-order valence-corrected chi connectivity index (χ0v) is 11.9. The van der Waals surface area contributed by atoms with E-state index in [1.165, 1.54) is 34.8 Å². The van der Waals surface area contributed by atoms with E-state index >= 15 is 0 Å². The van der Waals surface area contributed by atoms with E-state index in [2.05, 4.69) is 14.8 Å². The van der Waals surface area contributed by atoms with Crippen LogP contribution in [0.5, 0.6) is 5.75 Å². The second-order valence-corrected chi connectivity index (χ2v) is 4.79. The minimum atomic E-state index is -2.90. The molecule has 2 heterocycles. The summed E-state index contributed by atoms with van der Waals surface area (Å²) in [7, 11) is 0. The molecule has 0 saturated carbocycles. The molecule has 1 N–H and O–H groups in total. The van der Waals surface area contributed by atoms with Crippen molar-refractivity contribution in [2.24, 2.45) is 0 Å². The van der Waals surface area contributed by atoms with Crippen LogP contribution in [0.2, 0.25) is 0 Å². The van der Waals surface area contributed by atoms with Crippen molar-refractivity contribution >= 4 is 11.6 Å². The van der Waals surface area contributed by atoms with Crippen LogP contribution in [-0.4, -0.2) is 32.3 Å². The predicted molar refractivity (Wildman–Crippen MR) is 76.8 cm³/mol. The summed E-state index contributed by atoms with van der Waals surface area (Å²) in [5, 5.41) is 13.4. The van der Waals surface area contributed by atoms with Gasteiger partial charge < -0.3 is 9.84 Å². The van der Waals surface area contributed by atoms with Gasteiger partial charge in [-0.15, -0.1) is 0 Å². The van der Waals surface area contributed by atoms with Crippen molar-refractivity contribution in [2.45, 2.75) is 13.5 Å². The van der Waals surface area contributed by atoms with E-state index in [1.54, 1.807) is 13.0 Å². The van der Waals surface area contributed by atoms with Gasteiger partial charge in [-0.05, 0) is 37.3 Å². The van der Waals surface area contributed by atoms with Crippen molar-refractivity contribution < 1.29 is 23.4 Å². The molecule has 0 unspecified atom stereocenters. The van der Waals surface area contributed by atoms with Gasteiger partial charge in [0.1, 0.15) is 5.75 Å². The highest BCUT2D eigenvalue weighted by Gasteiger charge is 2.15. The maximum atomic E-state index is 12.2. The first kappa shape index (κ1) is 14.9. The molecular weight excluding hydrogens is 308 g/mol. The summed E-state index contributed by atoms with van der Waals surface area (Å²) in [4.78, 5) is 15.7. The maximum Gasteiger partial charge on any atom is 0.387 e. The molecule has 0 fully saturated rings. The Balaban J connectivity index is 2.07. The van der Waals surface area contributed by atoms with Crippen LogP contribution in [0.15, 0.2) is 36.4 Å². The summed E-state index contributed by atoms with van der Waals surface area (Å²) < 4.78 is 29.8. The number of carboxylic acid groups (broad SMARTS) is 1. The average Bonchev–Trinajstić information content (AvgIpc) is 2.86. The van der Waals surface area contributed by atoms with Crippen molar-refractivity contribution in [1.29, 1.82) is 0 Å². The normalized spacial score (nSPS) is 11.1. The smallest absolute Gasteiger partial charge is 0.387 e. The van der Waals surface area contributed by atoms with Crippen LogP contribution in [-0.2, 0) is 0 Å². The topological polar surface area (TPSA) is 76.7 Å². The molecule has 23 heavy (non-hydrogen) atoms. The van der Waals surface area contributed by atoms with Crippen LogP contribution >= 0.6 is 0 Å². The molecule has 118 valence electrons. The summed E-state index contributed by atoms with van der Waals surface area (Å²) in [6.45, 7) is -1.17. The molecule has 6 nitrogen and oxygen atoms in total. The van der Waals surface area contributed by atoms with E-state index in [9.17, 15) is 18.7 Å². The van der Waals surface area contributed by atoms with Gasteiger partial charge in [0.15, 0.2) is 11.3 Å². The lowest BCUT2D eigenvalue weighted by atomic mass is 10.1. The van der Waals surface area contributed by atoms with Gasteiger partial charge in [-0.1, -0.05) is 0 Å². The molecule has 0 aliphatic carbocycles. The van der Waals surface area contributed by atoms with E-state index in [4.69, 9.17) is 0 Å². The summed E-state index contributed by atoms with van der Waals surface area (Å²) in [6.07, 6.45) is 0. The highest BCUT2D eigenvalue weighted by Crippen LogP contribution is 2.23. The third-order valence-electron chi connectivity index (χ3n) is 3.14. The van der Waals surface area contributed by atoms with Gasteiger partial charge in [0.2, 0.25) is 0 Å². The van der Waals surface area contributed by atoms with Gasteiger partial charge in [0, 0.05) is 11.6 Å². The average molecular weight is 319 g/mol. The molecule has 0 saturated heterocycles. The van der Waals surface area contributed by atoms with Crippen LogP contribution in [0, 0.1) is 6.92 Å². The molecule has 0 bridgehead atoms. The number of nitrogens with zero attached hydrogens (tertiary/aromatic N) is 3. The highest BCUT2D eigenvalue weighted by atomic mass is 19.3. The van der Waals surface area contributed by atoms with E-state index in [0.29, 0.717) is 22.6 Å². The number of fused-ring (bicyclic) bond motifs is 1. The van der Waals surface area contributed by atoms with Crippen molar-refractivity contribution in [3.05, 3.63) is 47.8 Å². The third-order valence-corrected chi connectivity index (χ3v) is 3.14. The van der Waals surface area contributed by atoms with Crippen LogP contribution in [0.1, 0.15) is 16.2 Å². The third kappa shape index (κ3) is 2.96. The molecule has 0 aliphatic rings. The molecule has 3 rings (SSSR count). The number of aromatic nitrogens is 3. The van der Waals surface area contributed by atoms with Gasteiger partial charge in [0.25, 0.3) is 0 Å². The number of rotatable bonds is 4. The molecule has 2 aromatic heterocycles. The van der Waals surface area contributed by atoms with Gasteiger partial charge in [-0.3, -0.25) is 0 Å². The van der Waals surface area contributed by atoms with Gasteiger partial charge >= 0.3 is 12.6 Å². The molecule has 3 aromatic rings. The second kappa shape index (κ2) is 5.64. The molecule has 0 radical (unpaired) electrons. The molecule has 8 heteroatoms. The number of hydrogen-bond donors (Lipinski definition) is 1. The number of halogens is 2. The van der Waals surface area contributed by atoms with Gasteiger partial charge in [-0.25, -0.2) is 14.3 Å². The lowest BCUT2D eigenvalue weighted by molar-refractivity contribution is -0.0498. The zero-order chi connectivity index (χ0) is 16.6.